The molecule has 0 radical (unpaired) electrons. The molecule has 0 N–H and O–H groups in total. The van der Waals surface area contributed by atoms with Gasteiger partial charge in [0, 0.05) is 22.5 Å². The summed E-state index contributed by atoms with van der Waals surface area (Å²) in [6.07, 6.45) is 3.44. The fourth-order valence-electron chi connectivity index (χ4n) is 1.69. The molecular formula is C13H18Cl3N. The lowest BCUT2D eigenvalue weighted by molar-refractivity contribution is 0.318. The maximum atomic E-state index is 6.12. The largest absolute Gasteiger partial charge is 0.302 e. The van der Waals surface area contributed by atoms with Crippen LogP contribution in [0.15, 0.2) is 18.2 Å². The third-order valence-corrected chi connectivity index (χ3v) is 3.49. The van der Waals surface area contributed by atoms with Crippen molar-refractivity contribution in [2.45, 2.75) is 25.8 Å². The fraction of sp³-hybridized carbons (Fsp3) is 0.538. The van der Waals surface area contributed by atoms with Crippen LogP contribution in [0.5, 0.6) is 0 Å². The smallest absolute Gasteiger partial charge is 0.0452 e. The first-order valence-corrected chi connectivity index (χ1v) is 7.11. The zero-order chi connectivity index (χ0) is 12.7. The van der Waals surface area contributed by atoms with Crippen molar-refractivity contribution in [3.63, 3.8) is 0 Å². The molecule has 0 unspecified atom stereocenters. The van der Waals surface area contributed by atoms with Gasteiger partial charge in [0.1, 0.15) is 0 Å². The molecular weight excluding hydrogens is 277 g/mol. The number of rotatable bonds is 7. The van der Waals surface area contributed by atoms with Crippen molar-refractivity contribution in [1.82, 2.24) is 4.90 Å². The van der Waals surface area contributed by atoms with Gasteiger partial charge in [-0.2, -0.15) is 0 Å². The second kappa shape index (κ2) is 8.20. The molecule has 0 bridgehead atoms. The van der Waals surface area contributed by atoms with Crippen LogP contribution in [0.1, 0.15) is 24.8 Å². The fourth-order valence-corrected chi connectivity index (χ4v) is 2.25. The third-order valence-electron chi connectivity index (χ3n) is 2.62. The van der Waals surface area contributed by atoms with E-state index in [9.17, 15) is 0 Å². The summed E-state index contributed by atoms with van der Waals surface area (Å²) in [5, 5.41) is 1.52. The van der Waals surface area contributed by atoms with E-state index in [1.54, 1.807) is 0 Å². The SMILES string of the molecule is CN(CCCCCCl)Cc1cc(Cl)ccc1Cl. The van der Waals surface area contributed by atoms with Crippen molar-refractivity contribution in [3.05, 3.63) is 33.8 Å². The maximum Gasteiger partial charge on any atom is 0.0452 e. The summed E-state index contributed by atoms with van der Waals surface area (Å²) < 4.78 is 0. The lowest BCUT2D eigenvalue weighted by atomic mass is 10.2. The van der Waals surface area contributed by atoms with Crippen LogP contribution >= 0.6 is 34.8 Å². The first-order chi connectivity index (χ1) is 8.13. The van der Waals surface area contributed by atoms with Gasteiger partial charge in [-0.05, 0) is 50.2 Å². The molecule has 0 fully saturated rings. The van der Waals surface area contributed by atoms with E-state index in [1.807, 2.05) is 18.2 Å². The van der Waals surface area contributed by atoms with E-state index < -0.39 is 0 Å². The van der Waals surface area contributed by atoms with Gasteiger partial charge in [-0.25, -0.2) is 0 Å². The molecule has 0 spiro atoms. The van der Waals surface area contributed by atoms with Gasteiger partial charge in [0.05, 0.1) is 0 Å². The topological polar surface area (TPSA) is 3.24 Å². The second-order valence-corrected chi connectivity index (χ2v) is 5.44. The minimum atomic E-state index is 0.736. The minimum absolute atomic E-state index is 0.736. The maximum absolute atomic E-state index is 6.12. The molecule has 0 aliphatic carbocycles. The second-order valence-electron chi connectivity index (χ2n) is 4.22. The van der Waals surface area contributed by atoms with E-state index in [-0.39, 0.29) is 0 Å². The lowest BCUT2D eigenvalue weighted by Crippen LogP contribution is -2.19. The molecule has 0 aliphatic heterocycles. The molecule has 0 saturated carbocycles. The predicted octanol–water partition coefficient (Wildman–Crippen LogP) is 4.83. The Morgan fingerprint density at radius 3 is 2.59 bits per heavy atom. The summed E-state index contributed by atoms with van der Waals surface area (Å²) in [5.41, 5.74) is 1.08. The Kier molecular flexibility index (Phi) is 7.29. The standard InChI is InChI=1S/C13H18Cl3N/c1-17(8-4-2-3-7-14)10-11-9-12(15)5-6-13(11)16/h5-6,9H,2-4,7-8,10H2,1H3. The van der Waals surface area contributed by atoms with Gasteiger partial charge < -0.3 is 4.90 Å². The first kappa shape index (κ1) is 15.1. The molecule has 96 valence electrons. The number of hydrogen-bond donors (Lipinski definition) is 0. The van der Waals surface area contributed by atoms with Crippen LogP contribution in [0, 0.1) is 0 Å². The van der Waals surface area contributed by atoms with E-state index in [4.69, 9.17) is 34.8 Å². The van der Waals surface area contributed by atoms with Gasteiger partial charge in [0.2, 0.25) is 0 Å². The molecule has 0 amide bonds. The molecule has 0 atom stereocenters. The number of hydrogen-bond acceptors (Lipinski definition) is 1. The van der Waals surface area contributed by atoms with Gasteiger partial charge in [-0.15, -0.1) is 11.6 Å². The monoisotopic (exact) mass is 293 g/mol. The Hall–Kier alpha value is 0.0500. The van der Waals surface area contributed by atoms with Crippen LogP contribution in [0.2, 0.25) is 10.0 Å². The zero-order valence-corrected chi connectivity index (χ0v) is 12.3. The highest BCUT2D eigenvalue weighted by Gasteiger charge is 2.05. The molecule has 1 rings (SSSR count). The number of nitrogens with zero attached hydrogens (tertiary/aromatic N) is 1. The van der Waals surface area contributed by atoms with Gasteiger partial charge in [0.15, 0.2) is 0 Å². The molecule has 0 heterocycles. The Balaban J connectivity index is 2.39. The van der Waals surface area contributed by atoms with Crippen LogP contribution in [-0.4, -0.2) is 24.4 Å². The van der Waals surface area contributed by atoms with Crippen LogP contribution < -0.4 is 0 Å². The minimum Gasteiger partial charge on any atom is -0.302 e. The van der Waals surface area contributed by atoms with E-state index in [0.29, 0.717) is 0 Å². The van der Waals surface area contributed by atoms with Crippen molar-refractivity contribution in [2.24, 2.45) is 0 Å². The molecule has 4 heteroatoms. The van der Waals surface area contributed by atoms with Crippen molar-refractivity contribution in [2.75, 3.05) is 19.5 Å². The molecule has 0 aromatic heterocycles. The molecule has 0 saturated heterocycles. The van der Waals surface area contributed by atoms with Crippen molar-refractivity contribution >= 4 is 34.8 Å². The summed E-state index contributed by atoms with van der Waals surface area (Å²) in [7, 11) is 2.10. The average molecular weight is 295 g/mol. The number of alkyl halides is 1. The molecule has 1 nitrogen and oxygen atoms in total. The van der Waals surface area contributed by atoms with Crippen molar-refractivity contribution in [1.29, 1.82) is 0 Å². The highest BCUT2D eigenvalue weighted by Crippen LogP contribution is 2.21. The summed E-state index contributed by atoms with van der Waals surface area (Å²) >= 11 is 17.7. The Morgan fingerprint density at radius 1 is 1.12 bits per heavy atom. The number of halogens is 3. The average Bonchev–Trinajstić information content (AvgIpc) is 2.29. The van der Waals surface area contributed by atoms with Crippen LogP contribution in [0.25, 0.3) is 0 Å². The van der Waals surface area contributed by atoms with Gasteiger partial charge in [0.25, 0.3) is 0 Å². The highest BCUT2D eigenvalue weighted by molar-refractivity contribution is 6.33. The van der Waals surface area contributed by atoms with Crippen molar-refractivity contribution in [3.8, 4) is 0 Å². The van der Waals surface area contributed by atoms with Crippen LogP contribution in [0.4, 0.5) is 0 Å². The van der Waals surface area contributed by atoms with Gasteiger partial charge in [-0.3, -0.25) is 0 Å². The summed E-state index contributed by atoms with van der Waals surface area (Å²) in [4.78, 5) is 2.26. The Bertz CT molecular complexity index is 341. The Morgan fingerprint density at radius 2 is 1.88 bits per heavy atom. The van der Waals surface area contributed by atoms with E-state index in [2.05, 4.69) is 11.9 Å². The lowest BCUT2D eigenvalue weighted by Gasteiger charge is -2.17. The third kappa shape index (κ3) is 5.96. The van der Waals surface area contributed by atoms with E-state index in [1.165, 1.54) is 12.8 Å². The zero-order valence-electron chi connectivity index (χ0n) is 10.1. The van der Waals surface area contributed by atoms with E-state index in [0.717, 1.165) is 41.0 Å². The predicted molar refractivity (Wildman–Crippen MR) is 77.4 cm³/mol. The van der Waals surface area contributed by atoms with E-state index >= 15 is 0 Å². The summed E-state index contributed by atoms with van der Waals surface area (Å²) in [6.45, 7) is 1.89. The summed E-state index contributed by atoms with van der Waals surface area (Å²) in [5.74, 6) is 0.754. The molecule has 0 aliphatic rings. The summed E-state index contributed by atoms with van der Waals surface area (Å²) in [6, 6.07) is 5.59. The normalized spacial score (nSPS) is 11.1. The Labute approximate surface area is 119 Å². The van der Waals surface area contributed by atoms with Crippen LogP contribution in [0.3, 0.4) is 0 Å². The van der Waals surface area contributed by atoms with Gasteiger partial charge in [-0.1, -0.05) is 29.6 Å². The molecule has 1 aromatic rings. The number of benzene rings is 1. The highest BCUT2D eigenvalue weighted by atomic mass is 35.5. The van der Waals surface area contributed by atoms with Crippen molar-refractivity contribution < 1.29 is 0 Å². The van der Waals surface area contributed by atoms with Crippen LogP contribution in [-0.2, 0) is 6.54 Å². The van der Waals surface area contributed by atoms with Gasteiger partial charge >= 0.3 is 0 Å². The molecule has 1 aromatic carbocycles. The first-order valence-electron chi connectivity index (χ1n) is 5.82. The molecule has 17 heavy (non-hydrogen) atoms. The quantitative estimate of drug-likeness (QED) is 0.514. The number of unbranched alkanes of at least 4 members (excludes halogenated alkanes) is 2.